The van der Waals surface area contributed by atoms with Gasteiger partial charge in [-0.25, -0.2) is 0 Å². The van der Waals surface area contributed by atoms with E-state index in [1.165, 1.54) is 21.6 Å². The summed E-state index contributed by atoms with van der Waals surface area (Å²) in [6, 6.07) is 10.8. The summed E-state index contributed by atoms with van der Waals surface area (Å²) in [5, 5.41) is 2.14. The van der Waals surface area contributed by atoms with Crippen LogP contribution >= 0.6 is 11.3 Å². The molecule has 1 unspecified atom stereocenters. The van der Waals surface area contributed by atoms with Crippen LogP contribution in [0.4, 0.5) is 0 Å². The Bertz CT molecular complexity index is 913. The van der Waals surface area contributed by atoms with Gasteiger partial charge in [0.2, 0.25) is 11.8 Å². The molecular formula is C23H26N2O2S. The van der Waals surface area contributed by atoms with Gasteiger partial charge in [0.05, 0.1) is 6.04 Å². The van der Waals surface area contributed by atoms with Crippen LogP contribution in [-0.4, -0.2) is 40.7 Å². The molecule has 2 heterocycles. The van der Waals surface area contributed by atoms with Crippen molar-refractivity contribution in [3.63, 3.8) is 0 Å². The van der Waals surface area contributed by atoms with E-state index in [1.807, 2.05) is 15.9 Å². The second-order valence-corrected chi connectivity index (χ2v) is 9.37. The number of rotatable bonds is 5. The molecule has 0 radical (unpaired) electrons. The molecule has 2 aliphatic carbocycles. The standard InChI is InChI=1S/C23H26N2O2S/c1-15-4-2-3-5-18(15)22-19-11-13-28-20(19)10-12-24(22)21(26)14-25(17-8-9-17)23(27)16-6-7-16/h2-5,11,13,16-17,22H,6-10,12,14H2,1H3. The molecule has 0 saturated heterocycles. The minimum absolute atomic E-state index is 0.0409. The second-order valence-electron chi connectivity index (χ2n) is 8.37. The molecule has 2 saturated carbocycles. The molecule has 0 bridgehead atoms. The van der Waals surface area contributed by atoms with Gasteiger partial charge in [0.25, 0.3) is 0 Å². The summed E-state index contributed by atoms with van der Waals surface area (Å²) in [6.07, 6.45) is 4.97. The highest BCUT2D eigenvalue weighted by atomic mass is 32.1. The smallest absolute Gasteiger partial charge is 0.243 e. The normalized spacial score (nSPS) is 21.3. The molecule has 3 aliphatic rings. The molecule has 2 aromatic rings. The Morgan fingerprint density at radius 1 is 1.11 bits per heavy atom. The lowest BCUT2D eigenvalue weighted by Crippen LogP contribution is -2.47. The molecule has 2 fully saturated rings. The van der Waals surface area contributed by atoms with Crippen LogP contribution in [0.1, 0.15) is 53.3 Å². The minimum atomic E-state index is -0.0409. The Labute approximate surface area is 170 Å². The van der Waals surface area contributed by atoms with E-state index in [1.54, 1.807) is 11.3 Å². The van der Waals surface area contributed by atoms with E-state index >= 15 is 0 Å². The van der Waals surface area contributed by atoms with Crippen molar-refractivity contribution in [2.24, 2.45) is 5.92 Å². The molecule has 1 aliphatic heterocycles. The lowest BCUT2D eigenvalue weighted by Gasteiger charge is -2.38. The number of nitrogens with zero attached hydrogens (tertiary/aromatic N) is 2. The highest BCUT2D eigenvalue weighted by molar-refractivity contribution is 7.10. The summed E-state index contributed by atoms with van der Waals surface area (Å²) in [7, 11) is 0. The first-order valence-corrected chi connectivity index (χ1v) is 11.2. The monoisotopic (exact) mass is 394 g/mol. The van der Waals surface area contributed by atoms with Crippen molar-refractivity contribution in [1.29, 1.82) is 0 Å². The van der Waals surface area contributed by atoms with Gasteiger partial charge in [-0.05, 0) is 67.2 Å². The number of hydrogen-bond acceptors (Lipinski definition) is 3. The van der Waals surface area contributed by atoms with Crippen LogP contribution in [0.5, 0.6) is 0 Å². The van der Waals surface area contributed by atoms with Gasteiger partial charge in [-0.3, -0.25) is 9.59 Å². The zero-order valence-corrected chi connectivity index (χ0v) is 17.1. The fourth-order valence-corrected chi connectivity index (χ4v) is 5.29. The first-order chi connectivity index (χ1) is 13.6. The molecule has 0 spiro atoms. The van der Waals surface area contributed by atoms with Crippen molar-refractivity contribution in [3.05, 3.63) is 57.3 Å². The summed E-state index contributed by atoms with van der Waals surface area (Å²) < 4.78 is 0. The number of carbonyl (C=O) groups excluding carboxylic acids is 2. The maximum atomic E-state index is 13.5. The summed E-state index contributed by atoms with van der Waals surface area (Å²) >= 11 is 1.79. The van der Waals surface area contributed by atoms with E-state index in [2.05, 4.69) is 36.6 Å². The van der Waals surface area contributed by atoms with Crippen LogP contribution in [0.15, 0.2) is 35.7 Å². The zero-order chi connectivity index (χ0) is 19.3. The zero-order valence-electron chi connectivity index (χ0n) is 16.3. The predicted octanol–water partition coefficient (Wildman–Crippen LogP) is 3.93. The molecule has 1 aromatic heterocycles. The maximum Gasteiger partial charge on any atom is 0.243 e. The van der Waals surface area contributed by atoms with Crippen LogP contribution in [0, 0.1) is 12.8 Å². The van der Waals surface area contributed by atoms with Gasteiger partial charge in [0, 0.05) is 23.4 Å². The molecule has 5 rings (SSSR count). The molecule has 146 valence electrons. The van der Waals surface area contributed by atoms with Gasteiger partial charge in [-0.1, -0.05) is 24.3 Å². The Hall–Kier alpha value is -2.14. The number of hydrogen-bond donors (Lipinski definition) is 0. The second kappa shape index (κ2) is 7.03. The van der Waals surface area contributed by atoms with E-state index in [0.29, 0.717) is 0 Å². The molecule has 1 atom stereocenters. The quantitative estimate of drug-likeness (QED) is 0.771. The van der Waals surface area contributed by atoms with Crippen LogP contribution < -0.4 is 0 Å². The van der Waals surface area contributed by atoms with Gasteiger partial charge >= 0.3 is 0 Å². The highest BCUT2D eigenvalue weighted by Crippen LogP contribution is 2.40. The number of amides is 2. The van der Waals surface area contributed by atoms with Gasteiger partial charge in [0.15, 0.2) is 0 Å². The topological polar surface area (TPSA) is 40.6 Å². The van der Waals surface area contributed by atoms with Crippen molar-refractivity contribution < 1.29 is 9.59 Å². The Morgan fingerprint density at radius 2 is 1.89 bits per heavy atom. The highest BCUT2D eigenvalue weighted by Gasteiger charge is 2.42. The number of fused-ring (bicyclic) bond motifs is 1. The van der Waals surface area contributed by atoms with Crippen LogP contribution in [0.25, 0.3) is 0 Å². The number of benzene rings is 1. The molecule has 1 aromatic carbocycles. The first-order valence-electron chi connectivity index (χ1n) is 10.3. The Morgan fingerprint density at radius 3 is 2.61 bits per heavy atom. The largest absolute Gasteiger partial charge is 0.330 e. The lowest BCUT2D eigenvalue weighted by molar-refractivity contribution is -0.143. The number of aryl methyl sites for hydroxylation is 1. The summed E-state index contributed by atoms with van der Waals surface area (Å²) in [5.41, 5.74) is 3.66. The maximum absolute atomic E-state index is 13.5. The van der Waals surface area contributed by atoms with E-state index in [4.69, 9.17) is 0 Å². The average molecular weight is 395 g/mol. The third-order valence-electron chi connectivity index (χ3n) is 6.27. The van der Waals surface area contributed by atoms with E-state index in [-0.39, 0.29) is 36.4 Å². The average Bonchev–Trinajstić information content (AvgIpc) is 3.62. The lowest BCUT2D eigenvalue weighted by atomic mass is 9.90. The molecule has 2 amide bonds. The van der Waals surface area contributed by atoms with Crippen molar-refractivity contribution >= 4 is 23.2 Å². The van der Waals surface area contributed by atoms with Crippen molar-refractivity contribution in [2.45, 2.75) is 51.1 Å². The van der Waals surface area contributed by atoms with Crippen LogP contribution in [-0.2, 0) is 16.0 Å². The molecule has 5 heteroatoms. The van der Waals surface area contributed by atoms with Crippen molar-refractivity contribution in [3.8, 4) is 0 Å². The fourth-order valence-electron chi connectivity index (χ4n) is 4.39. The summed E-state index contributed by atoms with van der Waals surface area (Å²) in [4.78, 5) is 31.5. The molecule has 28 heavy (non-hydrogen) atoms. The summed E-state index contributed by atoms with van der Waals surface area (Å²) in [5.74, 6) is 0.466. The third-order valence-corrected chi connectivity index (χ3v) is 7.27. The Kier molecular flexibility index (Phi) is 4.50. The van der Waals surface area contributed by atoms with Gasteiger partial charge in [-0.2, -0.15) is 0 Å². The Balaban J connectivity index is 1.44. The first kappa shape index (κ1) is 17.9. The van der Waals surface area contributed by atoms with Gasteiger partial charge in [0.1, 0.15) is 6.54 Å². The molecule has 0 N–H and O–H groups in total. The van der Waals surface area contributed by atoms with Crippen LogP contribution in [0.2, 0.25) is 0 Å². The SMILES string of the molecule is Cc1ccccc1C1c2ccsc2CCN1C(=O)CN(C(=O)C1CC1)C1CC1. The van der Waals surface area contributed by atoms with Gasteiger partial charge < -0.3 is 9.80 Å². The predicted molar refractivity (Wildman–Crippen MR) is 110 cm³/mol. The van der Waals surface area contributed by atoms with Gasteiger partial charge in [-0.15, -0.1) is 11.3 Å². The number of carbonyl (C=O) groups is 2. The third kappa shape index (κ3) is 3.26. The molecule has 4 nitrogen and oxygen atoms in total. The van der Waals surface area contributed by atoms with E-state index < -0.39 is 0 Å². The van der Waals surface area contributed by atoms with Crippen molar-refractivity contribution in [2.75, 3.05) is 13.1 Å². The number of thiophene rings is 1. The summed E-state index contributed by atoms with van der Waals surface area (Å²) in [6.45, 7) is 3.08. The van der Waals surface area contributed by atoms with E-state index in [0.717, 1.165) is 38.6 Å². The van der Waals surface area contributed by atoms with E-state index in [9.17, 15) is 9.59 Å². The fraction of sp³-hybridized carbons (Fsp3) is 0.478. The van der Waals surface area contributed by atoms with Crippen molar-refractivity contribution in [1.82, 2.24) is 9.80 Å². The van der Waals surface area contributed by atoms with Crippen LogP contribution in [0.3, 0.4) is 0 Å². The molecular weight excluding hydrogens is 368 g/mol. The minimum Gasteiger partial charge on any atom is -0.330 e.